The summed E-state index contributed by atoms with van der Waals surface area (Å²) in [5, 5.41) is 0. The summed E-state index contributed by atoms with van der Waals surface area (Å²) in [7, 11) is 1.63. The standard InChI is InChI=1S/C18H15N3O2/c1-23-15-8-6-12(7-9-15)16-10-11-20-18(21-16)14-4-2-13(3-5-14)17(19)22/h2-11H,1H3,(H2,19,22). The normalized spacial score (nSPS) is 10.3. The fraction of sp³-hybridized carbons (Fsp3) is 0.0556. The van der Waals surface area contributed by atoms with Crippen molar-refractivity contribution in [2.45, 2.75) is 0 Å². The summed E-state index contributed by atoms with van der Waals surface area (Å²) in [5.41, 5.74) is 8.32. The minimum Gasteiger partial charge on any atom is -0.497 e. The van der Waals surface area contributed by atoms with Crippen molar-refractivity contribution in [1.82, 2.24) is 9.97 Å². The second-order valence-electron chi connectivity index (χ2n) is 4.94. The molecule has 114 valence electrons. The fourth-order valence-electron chi connectivity index (χ4n) is 2.20. The smallest absolute Gasteiger partial charge is 0.248 e. The first-order valence-electron chi connectivity index (χ1n) is 7.05. The van der Waals surface area contributed by atoms with E-state index in [0.29, 0.717) is 11.4 Å². The molecule has 0 fully saturated rings. The Labute approximate surface area is 133 Å². The van der Waals surface area contributed by atoms with E-state index in [1.54, 1.807) is 37.6 Å². The molecule has 0 spiro atoms. The van der Waals surface area contributed by atoms with Crippen LogP contribution in [0, 0.1) is 0 Å². The lowest BCUT2D eigenvalue weighted by Gasteiger charge is -2.06. The van der Waals surface area contributed by atoms with Crippen LogP contribution in [0.25, 0.3) is 22.6 Å². The molecule has 1 aromatic heterocycles. The van der Waals surface area contributed by atoms with E-state index in [1.165, 1.54) is 0 Å². The van der Waals surface area contributed by atoms with Gasteiger partial charge in [0.2, 0.25) is 5.91 Å². The third-order valence-electron chi connectivity index (χ3n) is 3.47. The van der Waals surface area contributed by atoms with Crippen LogP contribution >= 0.6 is 0 Å². The molecule has 0 aliphatic carbocycles. The van der Waals surface area contributed by atoms with E-state index in [-0.39, 0.29) is 0 Å². The van der Waals surface area contributed by atoms with E-state index in [4.69, 9.17) is 10.5 Å². The molecular weight excluding hydrogens is 290 g/mol. The van der Waals surface area contributed by atoms with Gasteiger partial charge >= 0.3 is 0 Å². The molecule has 2 aromatic carbocycles. The summed E-state index contributed by atoms with van der Waals surface area (Å²) in [5.74, 6) is 0.934. The number of benzene rings is 2. The average molecular weight is 305 g/mol. The Morgan fingerprint density at radius 2 is 1.61 bits per heavy atom. The molecule has 23 heavy (non-hydrogen) atoms. The number of aromatic nitrogens is 2. The van der Waals surface area contributed by atoms with Crippen molar-refractivity contribution in [3.63, 3.8) is 0 Å². The number of hydrogen-bond acceptors (Lipinski definition) is 4. The molecular formula is C18H15N3O2. The lowest BCUT2D eigenvalue weighted by Crippen LogP contribution is -2.10. The molecule has 0 bridgehead atoms. The lowest BCUT2D eigenvalue weighted by molar-refractivity contribution is 0.100. The van der Waals surface area contributed by atoms with Crippen LogP contribution in [-0.4, -0.2) is 23.0 Å². The third kappa shape index (κ3) is 3.18. The van der Waals surface area contributed by atoms with Crippen molar-refractivity contribution in [2.75, 3.05) is 7.11 Å². The zero-order valence-electron chi connectivity index (χ0n) is 12.6. The number of methoxy groups -OCH3 is 1. The van der Waals surface area contributed by atoms with Crippen LogP contribution in [0.4, 0.5) is 0 Å². The van der Waals surface area contributed by atoms with Gasteiger partial charge in [-0.05, 0) is 42.5 Å². The average Bonchev–Trinajstić information content (AvgIpc) is 2.62. The molecule has 0 aliphatic rings. The van der Waals surface area contributed by atoms with Crippen LogP contribution < -0.4 is 10.5 Å². The van der Waals surface area contributed by atoms with E-state index < -0.39 is 5.91 Å². The van der Waals surface area contributed by atoms with E-state index in [9.17, 15) is 4.79 Å². The molecule has 0 saturated heterocycles. The molecule has 0 saturated carbocycles. The predicted octanol–water partition coefficient (Wildman–Crippen LogP) is 2.92. The van der Waals surface area contributed by atoms with Crippen molar-refractivity contribution in [3.8, 4) is 28.4 Å². The van der Waals surface area contributed by atoms with Crippen LogP contribution in [0.1, 0.15) is 10.4 Å². The van der Waals surface area contributed by atoms with Gasteiger partial charge in [-0.25, -0.2) is 9.97 Å². The Bertz CT molecular complexity index is 828. The second-order valence-corrected chi connectivity index (χ2v) is 4.94. The second kappa shape index (κ2) is 6.27. The Hall–Kier alpha value is -3.21. The number of ether oxygens (including phenoxy) is 1. The van der Waals surface area contributed by atoms with Gasteiger partial charge in [0.25, 0.3) is 0 Å². The Balaban J connectivity index is 1.93. The number of carbonyl (C=O) groups is 1. The quantitative estimate of drug-likeness (QED) is 0.804. The highest BCUT2D eigenvalue weighted by Crippen LogP contribution is 2.23. The van der Waals surface area contributed by atoms with Gasteiger partial charge in [0.05, 0.1) is 12.8 Å². The number of hydrogen-bond donors (Lipinski definition) is 1. The van der Waals surface area contributed by atoms with E-state index >= 15 is 0 Å². The fourth-order valence-corrected chi connectivity index (χ4v) is 2.20. The Morgan fingerprint density at radius 3 is 2.22 bits per heavy atom. The van der Waals surface area contributed by atoms with Gasteiger partial charge in [0, 0.05) is 22.9 Å². The van der Waals surface area contributed by atoms with Crippen molar-refractivity contribution < 1.29 is 9.53 Å². The van der Waals surface area contributed by atoms with Gasteiger partial charge in [-0.15, -0.1) is 0 Å². The molecule has 0 aliphatic heterocycles. The van der Waals surface area contributed by atoms with Gasteiger partial charge in [-0.1, -0.05) is 12.1 Å². The molecule has 3 aromatic rings. The van der Waals surface area contributed by atoms with Gasteiger partial charge in [-0.3, -0.25) is 4.79 Å². The van der Waals surface area contributed by atoms with E-state index in [1.807, 2.05) is 30.3 Å². The largest absolute Gasteiger partial charge is 0.497 e. The summed E-state index contributed by atoms with van der Waals surface area (Å²) in [6.07, 6.45) is 1.71. The first kappa shape index (κ1) is 14.7. The highest BCUT2D eigenvalue weighted by atomic mass is 16.5. The number of primary amides is 1. The molecule has 5 heteroatoms. The van der Waals surface area contributed by atoms with Crippen molar-refractivity contribution in [2.24, 2.45) is 5.73 Å². The number of rotatable bonds is 4. The first-order chi connectivity index (χ1) is 11.2. The van der Waals surface area contributed by atoms with Gasteiger partial charge in [-0.2, -0.15) is 0 Å². The SMILES string of the molecule is COc1ccc(-c2ccnc(-c3ccc(C(N)=O)cc3)n2)cc1. The first-order valence-corrected chi connectivity index (χ1v) is 7.05. The summed E-state index contributed by atoms with van der Waals surface area (Å²) in [6.45, 7) is 0. The van der Waals surface area contributed by atoms with Crippen LogP contribution in [-0.2, 0) is 0 Å². The number of carbonyl (C=O) groups excluding carboxylic acids is 1. The maximum absolute atomic E-state index is 11.1. The number of nitrogens with two attached hydrogens (primary N) is 1. The Morgan fingerprint density at radius 1 is 0.957 bits per heavy atom. The van der Waals surface area contributed by atoms with Crippen molar-refractivity contribution in [1.29, 1.82) is 0 Å². The van der Waals surface area contributed by atoms with Crippen LogP contribution in [0.15, 0.2) is 60.8 Å². The highest BCUT2D eigenvalue weighted by molar-refractivity contribution is 5.93. The minimum absolute atomic E-state index is 0.454. The van der Waals surface area contributed by atoms with E-state index in [0.717, 1.165) is 22.6 Å². The van der Waals surface area contributed by atoms with Crippen LogP contribution in [0.2, 0.25) is 0 Å². The van der Waals surface area contributed by atoms with Crippen molar-refractivity contribution >= 4 is 5.91 Å². The predicted molar refractivity (Wildman–Crippen MR) is 88.0 cm³/mol. The molecule has 2 N–H and O–H groups in total. The zero-order valence-corrected chi connectivity index (χ0v) is 12.6. The number of nitrogens with zero attached hydrogens (tertiary/aromatic N) is 2. The molecule has 0 radical (unpaired) electrons. The summed E-state index contributed by atoms with van der Waals surface area (Å²) in [4.78, 5) is 20.0. The van der Waals surface area contributed by atoms with E-state index in [2.05, 4.69) is 9.97 Å². The van der Waals surface area contributed by atoms with Crippen molar-refractivity contribution in [3.05, 3.63) is 66.4 Å². The highest BCUT2D eigenvalue weighted by Gasteiger charge is 2.06. The zero-order chi connectivity index (χ0) is 16.2. The molecule has 0 unspecified atom stereocenters. The molecule has 1 amide bonds. The summed E-state index contributed by atoms with van der Waals surface area (Å²) >= 11 is 0. The van der Waals surface area contributed by atoms with Gasteiger partial charge in [0.1, 0.15) is 5.75 Å². The molecule has 5 nitrogen and oxygen atoms in total. The van der Waals surface area contributed by atoms with Gasteiger partial charge < -0.3 is 10.5 Å². The monoisotopic (exact) mass is 305 g/mol. The third-order valence-corrected chi connectivity index (χ3v) is 3.47. The minimum atomic E-state index is -0.454. The molecule has 1 heterocycles. The lowest BCUT2D eigenvalue weighted by atomic mass is 10.1. The summed E-state index contributed by atoms with van der Waals surface area (Å²) in [6, 6.07) is 16.4. The Kier molecular flexibility index (Phi) is 4.01. The number of amides is 1. The van der Waals surface area contributed by atoms with Gasteiger partial charge in [0.15, 0.2) is 5.82 Å². The van der Waals surface area contributed by atoms with Crippen LogP contribution in [0.5, 0.6) is 5.75 Å². The maximum Gasteiger partial charge on any atom is 0.248 e. The topological polar surface area (TPSA) is 78.1 Å². The summed E-state index contributed by atoms with van der Waals surface area (Å²) < 4.78 is 5.16. The molecule has 3 rings (SSSR count). The van der Waals surface area contributed by atoms with Crippen LogP contribution in [0.3, 0.4) is 0 Å². The maximum atomic E-state index is 11.1. The molecule has 0 atom stereocenters.